The van der Waals surface area contributed by atoms with Crippen molar-refractivity contribution >= 4 is 55.0 Å². The van der Waals surface area contributed by atoms with Gasteiger partial charge in [0, 0.05) is 55.9 Å². The van der Waals surface area contributed by atoms with Gasteiger partial charge in [-0.05, 0) is 96.4 Å². The third-order valence-corrected chi connectivity index (χ3v) is 10.8. The number of aromatic nitrogens is 2. The number of hydrogen-bond donors (Lipinski definition) is 0. The zero-order chi connectivity index (χ0) is 34.6. The van der Waals surface area contributed by atoms with Crippen LogP contribution in [0.3, 0.4) is 0 Å². The van der Waals surface area contributed by atoms with Crippen LogP contribution in [0, 0.1) is 5.92 Å². The van der Waals surface area contributed by atoms with E-state index in [-0.39, 0.29) is 5.92 Å². The van der Waals surface area contributed by atoms with Crippen LogP contribution in [-0.4, -0.2) is 9.13 Å². The summed E-state index contributed by atoms with van der Waals surface area (Å²) in [5, 5.41) is 5.05. The second-order valence-electron chi connectivity index (χ2n) is 13.9. The van der Waals surface area contributed by atoms with E-state index >= 15 is 0 Å². The normalized spacial score (nSPS) is 15.8. The van der Waals surface area contributed by atoms with Gasteiger partial charge in [-0.1, -0.05) is 116 Å². The summed E-state index contributed by atoms with van der Waals surface area (Å²) in [7, 11) is 0. The number of rotatable bonds is 6. The molecule has 1 aliphatic carbocycles. The van der Waals surface area contributed by atoms with E-state index < -0.39 is 0 Å². The van der Waals surface area contributed by atoms with Gasteiger partial charge in [0.25, 0.3) is 0 Å². The molecule has 0 spiro atoms. The van der Waals surface area contributed by atoms with Crippen molar-refractivity contribution in [3.05, 3.63) is 205 Å². The van der Waals surface area contributed by atoms with Gasteiger partial charge in [-0.2, -0.15) is 0 Å². The maximum atomic E-state index is 2.45. The fourth-order valence-electron chi connectivity index (χ4n) is 8.39. The Morgan fingerprint density at radius 2 is 0.923 bits per heavy atom. The van der Waals surface area contributed by atoms with Crippen LogP contribution >= 0.6 is 0 Å². The lowest BCUT2D eigenvalue weighted by Crippen LogP contribution is -2.20. The second kappa shape index (κ2) is 12.3. The van der Waals surface area contributed by atoms with E-state index in [1.807, 2.05) is 0 Å². The fraction of sp³-hybridized carbons (Fsp3) is 0.0612. The molecular formula is C49H37N3. The summed E-state index contributed by atoms with van der Waals surface area (Å²) in [6.45, 7) is 2.35. The minimum Gasteiger partial charge on any atom is -0.311 e. The molecule has 2 aromatic heterocycles. The van der Waals surface area contributed by atoms with Crippen molar-refractivity contribution < 1.29 is 0 Å². The Morgan fingerprint density at radius 1 is 0.442 bits per heavy atom. The smallest absolute Gasteiger partial charge is 0.0548 e. The van der Waals surface area contributed by atoms with Gasteiger partial charge in [0.1, 0.15) is 0 Å². The highest BCUT2D eigenvalue weighted by Gasteiger charge is 2.25. The van der Waals surface area contributed by atoms with Crippen LogP contribution in [-0.2, 0) is 0 Å². The van der Waals surface area contributed by atoms with Crippen molar-refractivity contribution in [2.24, 2.45) is 5.92 Å². The van der Waals surface area contributed by atoms with Crippen molar-refractivity contribution in [2.75, 3.05) is 4.90 Å². The number of benzene rings is 7. The van der Waals surface area contributed by atoms with Crippen LogP contribution in [0.4, 0.5) is 11.4 Å². The number of allylic oxidation sites excluding steroid dienone is 3. The molecule has 0 saturated carbocycles. The predicted octanol–water partition coefficient (Wildman–Crippen LogP) is 12.9. The quantitative estimate of drug-likeness (QED) is 0.172. The average Bonchev–Trinajstić information content (AvgIpc) is 3.70. The van der Waals surface area contributed by atoms with E-state index in [0.29, 0.717) is 5.92 Å². The molecule has 3 heteroatoms. The van der Waals surface area contributed by atoms with Crippen LogP contribution < -0.4 is 4.90 Å². The van der Waals surface area contributed by atoms with Crippen LogP contribution in [0.25, 0.3) is 55.0 Å². The molecule has 2 heterocycles. The molecule has 0 bridgehead atoms. The molecule has 3 nitrogen and oxygen atoms in total. The lowest BCUT2D eigenvalue weighted by molar-refractivity contribution is 0.629. The van der Waals surface area contributed by atoms with Crippen molar-refractivity contribution in [1.29, 1.82) is 0 Å². The number of fused-ring (bicyclic) bond motifs is 6. The van der Waals surface area contributed by atoms with Gasteiger partial charge >= 0.3 is 0 Å². The van der Waals surface area contributed by atoms with Crippen LogP contribution in [0.2, 0.25) is 0 Å². The predicted molar refractivity (Wildman–Crippen MR) is 219 cm³/mol. The minimum atomic E-state index is 0.246. The molecule has 0 amide bonds. The summed E-state index contributed by atoms with van der Waals surface area (Å²) in [5.41, 5.74) is 12.1. The molecule has 0 fully saturated rings. The Hall–Kier alpha value is -6.58. The molecule has 1 aliphatic rings. The maximum Gasteiger partial charge on any atom is 0.0548 e. The van der Waals surface area contributed by atoms with Gasteiger partial charge in [-0.15, -0.1) is 0 Å². The molecule has 0 N–H and O–H groups in total. The fourth-order valence-corrected chi connectivity index (χ4v) is 8.39. The van der Waals surface area contributed by atoms with Gasteiger partial charge in [0.2, 0.25) is 0 Å². The monoisotopic (exact) mass is 667 g/mol. The van der Waals surface area contributed by atoms with Gasteiger partial charge < -0.3 is 14.0 Å². The first-order chi connectivity index (χ1) is 25.7. The summed E-state index contributed by atoms with van der Waals surface area (Å²) in [6.07, 6.45) is 7.15. The summed E-state index contributed by atoms with van der Waals surface area (Å²) < 4.78 is 4.86. The van der Waals surface area contributed by atoms with Gasteiger partial charge in [0.05, 0.1) is 22.1 Å². The van der Waals surface area contributed by atoms with Crippen molar-refractivity contribution in [3.63, 3.8) is 0 Å². The van der Waals surface area contributed by atoms with E-state index in [2.05, 4.69) is 215 Å². The number of hydrogen-bond acceptors (Lipinski definition) is 1. The minimum absolute atomic E-state index is 0.246. The average molecular weight is 668 g/mol. The van der Waals surface area contributed by atoms with Crippen LogP contribution in [0.5, 0.6) is 0 Å². The standard InChI is InChI=1S/C49H37N3/c1-34-30-40(50(36-16-6-2-7-17-36)37-18-8-3-9-19-37)27-28-41(34)35-26-29-47-43(31-35)45-33-48-44(32-49(45)52(47)39-22-12-5-13-23-39)42-24-14-15-25-46(42)51(48)38-20-10-4-11-21-38/h2-34,41H,1H3. The number of nitrogens with zero attached hydrogens (tertiary/aromatic N) is 3. The molecule has 52 heavy (non-hydrogen) atoms. The number of para-hydroxylation sites is 5. The van der Waals surface area contributed by atoms with E-state index in [4.69, 9.17) is 0 Å². The molecule has 2 atom stereocenters. The highest BCUT2D eigenvalue weighted by Crippen LogP contribution is 2.42. The topological polar surface area (TPSA) is 13.1 Å². The number of anilines is 2. The molecule has 7 aromatic carbocycles. The van der Waals surface area contributed by atoms with E-state index in [1.165, 1.54) is 66.2 Å². The molecule has 0 radical (unpaired) electrons. The van der Waals surface area contributed by atoms with Crippen molar-refractivity contribution in [1.82, 2.24) is 9.13 Å². The lowest BCUT2D eigenvalue weighted by atomic mass is 9.82. The Kier molecular flexibility index (Phi) is 7.17. The summed E-state index contributed by atoms with van der Waals surface area (Å²) >= 11 is 0. The van der Waals surface area contributed by atoms with Crippen molar-refractivity contribution in [2.45, 2.75) is 12.8 Å². The first kappa shape index (κ1) is 30.3. The summed E-state index contributed by atoms with van der Waals surface area (Å²) in [4.78, 5) is 2.36. The largest absolute Gasteiger partial charge is 0.311 e. The highest BCUT2D eigenvalue weighted by atomic mass is 15.1. The molecule has 0 saturated heterocycles. The van der Waals surface area contributed by atoms with Gasteiger partial charge in [-0.3, -0.25) is 0 Å². The lowest BCUT2D eigenvalue weighted by Gasteiger charge is -2.31. The molecular weight excluding hydrogens is 631 g/mol. The Morgan fingerprint density at radius 3 is 1.50 bits per heavy atom. The molecule has 2 unspecified atom stereocenters. The molecule has 248 valence electrons. The second-order valence-corrected chi connectivity index (χ2v) is 13.9. The van der Waals surface area contributed by atoms with Crippen LogP contribution in [0.15, 0.2) is 200 Å². The Balaban J connectivity index is 1.15. The Labute approximate surface area is 303 Å². The van der Waals surface area contributed by atoms with Gasteiger partial charge in [-0.25, -0.2) is 0 Å². The van der Waals surface area contributed by atoms with Crippen molar-refractivity contribution in [3.8, 4) is 11.4 Å². The van der Waals surface area contributed by atoms with E-state index in [0.717, 1.165) is 11.4 Å². The third kappa shape index (κ3) is 4.89. The highest BCUT2D eigenvalue weighted by molar-refractivity contribution is 6.19. The zero-order valence-corrected chi connectivity index (χ0v) is 29.0. The molecule has 10 rings (SSSR count). The van der Waals surface area contributed by atoms with E-state index in [9.17, 15) is 0 Å². The Bertz CT molecular complexity index is 2750. The van der Waals surface area contributed by atoms with Crippen LogP contribution in [0.1, 0.15) is 18.4 Å². The van der Waals surface area contributed by atoms with E-state index in [1.54, 1.807) is 0 Å². The summed E-state index contributed by atoms with van der Waals surface area (Å²) in [5.74, 6) is 0.540. The zero-order valence-electron chi connectivity index (χ0n) is 29.0. The maximum absolute atomic E-state index is 2.45. The summed E-state index contributed by atoms with van der Waals surface area (Å²) in [6, 6.07) is 63.6. The van der Waals surface area contributed by atoms with Gasteiger partial charge in [0.15, 0.2) is 0 Å². The first-order valence-electron chi connectivity index (χ1n) is 18.2. The first-order valence-corrected chi connectivity index (χ1v) is 18.2. The molecule has 9 aromatic rings. The molecule has 0 aliphatic heterocycles. The third-order valence-electron chi connectivity index (χ3n) is 10.8. The SMILES string of the molecule is CC1C=C(N(c2ccccc2)c2ccccc2)C=CC1c1ccc2c(c1)c1cc3c(cc1n2-c1ccccc1)c1ccccc1n3-c1ccccc1.